The zero-order valence-electron chi connectivity index (χ0n) is 15.3. The summed E-state index contributed by atoms with van der Waals surface area (Å²) < 4.78 is 9.27. The van der Waals surface area contributed by atoms with Crippen LogP contribution >= 0.6 is 11.9 Å². The van der Waals surface area contributed by atoms with E-state index in [0.29, 0.717) is 11.3 Å². The fraction of sp³-hybridized carbons (Fsp3) is 0.650. The summed E-state index contributed by atoms with van der Waals surface area (Å²) in [7, 11) is 0. The molecule has 2 fully saturated rings. The molecule has 1 amide bonds. The molecule has 2 N–H and O–H groups in total. The number of benzene rings is 1. The van der Waals surface area contributed by atoms with Crippen LogP contribution in [0.15, 0.2) is 24.3 Å². The van der Waals surface area contributed by atoms with Crippen molar-refractivity contribution in [1.29, 1.82) is 0 Å². The minimum atomic E-state index is 0.132. The van der Waals surface area contributed by atoms with E-state index in [-0.39, 0.29) is 11.8 Å². The van der Waals surface area contributed by atoms with Crippen molar-refractivity contribution in [3.63, 3.8) is 0 Å². The van der Waals surface area contributed by atoms with Gasteiger partial charge < -0.3 is 10.1 Å². The van der Waals surface area contributed by atoms with E-state index in [1.807, 2.05) is 24.3 Å². The van der Waals surface area contributed by atoms with Gasteiger partial charge in [0.05, 0.1) is 6.61 Å². The molecule has 2 saturated carbocycles. The van der Waals surface area contributed by atoms with Crippen LogP contribution in [0.3, 0.4) is 0 Å². The molecule has 0 aliphatic heterocycles. The monoisotopic (exact) mass is 362 g/mol. The zero-order chi connectivity index (χ0) is 17.6. The number of hydrogen-bond donors (Lipinski definition) is 2. The molecule has 3 rings (SSSR count). The lowest BCUT2D eigenvalue weighted by atomic mass is 9.86. The Bertz CT molecular complexity index is 549. The number of hydrogen-bond acceptors (Lipinski definition) is 4. The first-order valence-corrected chi connectivity index (χ1v) is 10.4. The minimum Gasteiger partial charge on any atom is -0.493 e. The summed E-state index contributed by atoms with van der Waals surface area (Å²) in [4.78, 5) is 12.5. The van der Waals surface area contributed by atoms with Gasteiger partial charge in [-0.1, -0.05) is 25.8 Å². The van der Waals surface area contributed by atoms with E-state index in [1.165, 1.54) is 12.8 Å². The van der Waals surface area contributed by atoms with Gasteiger partial charge in [-0.05, 0) is 68.7 Å². The largest absolute Gasteiger partial charge is 0.493 e. The highest BCUT2D eigenvalue weighted by molar-refractivity contribution is 7.98. The molecule has 0 radical (unpaired) electrons. The van der Waals surface area contributed by atoms with Gasteiger partial charge in [0, 0.05) is 22.9 Å². The zero-order valence-corrected chi connectivity index (χ0v) is 16.1. The van der Waals surface area contributed by atoms with Crippen molar-refractivity contribution in [2.24, 2.45) is 11.8 Å². The van der Waals surface area contributed by atoms with Crippen molar-refractivity contribution in [2.45, 2.75) is 63.7 Å². The van der Waals surface area contributed by atoms with Gasteiger partial charge in [0.2, 0.25) is 5.91 Å². The van der Waals surface area contributed by atoms with E-state index < -0.39 is 0 Å². The maximum Gasteiger partial charge on any atom is 0.227 e. The van der Waals surface area contributed by atoms with E-state index in [2.05, 4.69) is 23.9 Å². The van der Waals surface area contributed by atoms with Crippen LogP contribution < -0.4 is 14.8 Å². The molecule has 0 saturated heterocycles. The molecule has 0 spiro atoms. The highest BCUT2D eigenvalue weighted by atomic mass is 32.2. The predicted octanol–water partition coefficient (Wildman–Crippen LogP) is 4.62. The van der Waals surface area contributed by atoms with Crippen LogP contribution in [0.2, 0.25) is 0 Å². The second-order valence-corrected chi connectivity index (χ2v) is 9.02. The smallest absolute Gasteiger partial charge is 0.227 e. The fourth-order valence-corrected chi connectivity index (χ4v) is 3.78. The number of amides is 1. The van der Waals surface area contributed by atoms with Gasteiger partial charge in [0.1, 0.15) is 5.75 Å². The molecule has 2 aliphatic rings. The van der Waals surface area contributed by atoms with Crippen molar-refractivity contribution in [1.82, 2.24) is 4.72 Å². The Morgan fingerprint density at radius 1 is 1.12 bits per heavy atom. The van der Waals surface area contributed by atoms with Crippen LogP contribution in [0, 0.1) is 11.8 Å². The maximum atomic E-state index is 12.5. The lowest BCUT2D eigenvalue weighted by Gasteiger charge is -2.28. The quantitative estimate of drug-likeness (QED) is 0.663. The first kappa shape index (κ1) is 18.6. The lowest BCUT2D eigenvalue weighted by Crippen LogP contribution is -2.34. The van der Waals surface area contributed by atoms with Gasteiger partial charge in [-0.25, -0.2) is 0 Å². The Labute approximate surface area is 155 Å². The molecule has 0 bridgehead atoms. The number of carbonyl (C=O) groups excluding carboxylic acids is 1. The van der Waals surface area contributed by atoms with Gasteiger partial charge in [0.15, 0.2) is 0 Å². The maximum absolute atomic E-state index is 12.5. The van der Waals surface area contributed by atoms with Crippen LogP contribution in [-0.2, 0) is 4.79 Å². The normalized spacial score (nSPS) is 23.5. The summed E-state index contributed by atoms with van der Waals surface area (Å²) >= 11 is 1.80. The van der Waals surface area contributed by atoms with Gasteiger partial charge in [-0.2, -0.15) is 0 Å². The molecular formula is C20H30N2O2S. The van der Waals surface area contributed by atoms with Gasteiger partial charge in [0.25, 0.3) is 0 Å². The highest BCUT2D eigenvalue weighted by Gasteiger charge is 2.26. The van der Waals surface area contributed by atoms with Crippen molar-refractivity contribution >= 4 is 23.5 Å². The number of nitrogens with one attached hydrogen (secondary N) is 2. The first-order valence-electron chi connectivity index (χ1n) is 9.55. The molecule has 0 unspecified atom stereocenters. The van der Waals surface area contributed by atoms with Crippen molar-refractivity contribution < 1.29 is 9.53 Å². The average molecular weight is 363 g/mol. The lowest BCUT2D eigenvalue weighted by molar-refractivity contribution is -0.120. The van der Waals surface area contributed by atoms with Gasteiger partial charge in [-0.15, -0.1) is 0 Å². The summed E-state index contributed by atoms with van der Waals surface area (Å²) in [5.41, 5.74) is 0.861. The molecule has 0 aromatic heterocycles. The average Bonchev–Trinajstić information content (AvgIpc) is 3.44. The molecule has 0 atom stereocenters. The Hall–Kier alpha value is -1.20. The van der Waals surface area contributed by atoms with Crippen molar-refractivity contribution in [3.05, 3.63) is 24.3 Å². The number of ether oxygens (including phenoxy) is 1. The van der Waals surface area contributed by atoms with Crippen LogP contribution in [-0.4, -0.2) is 23.8 Å². The van der Waals surface area contributed by atoms with Crippen LogP contribution in [0.25, 0.3) is 0 Å². The van der Waals surface area contributed by atoms with E-state index in [0.717, 1.165) is 49.6 Å². The number of rotatable bonds is 8. The molecule has 138 valence electrons. The minimum absolute atomic E-state index is 0.132. The predicted molar refractivity (Wildman–Crippen MR) is 105 cm³/mol. The van der Waals surface area contributed by atoms with E-state index in [4.69, 9.17) is 4.74 Å². The molecule has 2 aliphatic carbocycles. The molecule has 0 heterocycles. The molecule has 25 heavy (non-hydrogen) atoms. The second kappa shape index (κ2) is 8.95. The van der Waals surface area contributed by atoms with E-state index in [9.17, 15) is 4.79 Å². The Kier molecular flexibility index (Phi) is 6.65. The van der Waals surface area contributed by atoms with Crippen LogP contribution in [0.1, 0.15) is 52.4 Å². The summed E-state index contributed by atoms with van der Waals surface area (Å²) in [6, 6.07) is 8.31. The topological polar surface area (TPSA) is 50.4 Å². The summed E-state index contributed by atoms with van der Waals surface area (Å²) in [6.07, 6.45) is 6.66. The van der Waals surface area contributed by atoms with Crippen molar-refractivity contribution in [3.8, 4) is 5.75 Å². The first-order chi connectivity index (χ1) is 12.1. The Morgan fingerprint density at radius 2 is 1.80 bits per heavy atom. The standard InChI is InChI=1S/C20H30N2O2S/c1-14(2)25-22-18-7-5-16(6-8-18)20(23)21-17-9-11-19(12-10-17)24-13-15-3-4-15/h9-12,14-16,18,22H,3-8,13H2,1-2H3,(H,21,23). The fourth-order valence-electron chi connectivity index (χ4n) is 3.08. The number of carbonyl (C=O) groups is 1. The van der Waals surface area contributed by atoms with E-state index in [1.54, 1.807) is 11.9 Å². The van der Waals surface area contributed by atoms with E-state index >= 15 is 0 Å². The summed E-state index contributed by atoms with van der Waals surface area (Å²) in [5, 5.41) is 3.66. The van der Waals surface area contributed by atoms with Gasteiger partial charge >= 0.3 is 0 Å². The van der Waals surface area contributed by atoms with Crippen LogP contribution in [0.5, 0.6) is 5.75 Å². The van der Waals surface area contributed by atoms with Gasteiger partial charge in [-0.3, -0.25) is 9.52 Å². The molecule has 5 heteroatoms. The number of anilines is 1. The van der Waals surface area contributed by atoms with Crippen LogP contribution in [0.4, 0.5) is 5.69 Å². The molecule has 4 nitrogen and oxygen atoms in total. The third-order valence-electron chi connectivity index (χ3n) is 4.87. The SMILES string of the molecule is CC(C)SNC1CCC(C(=O)Nc2ccc(OCC3CC3)cc2)CC1. The molecule has 1 aromatic rings. The Morgan fingerprint density at radius 3 is 2.40 bits per heavy atom. The molecular weight excluding hydrogens is 332 g/mol. The third-order valence-corrected chi connectivity index (χ3v) is 5.81. The summed E-state index contributed by atoms with van der Waals surface area (Å²) in [6.45, 7) is 5.20. The second-order valence-electron chi connectivity index (χ2n) is 7.60. The highest BCUT2D eigenvalue weighted by Crippen LogP contribution is 2.30. The molecule has 1 aromatic carbocycles. The third kappa shape index (κ3) is 6.23. The Balaban J connectivity index is 1.39. The summed E-state index contributed by atoms with van der Waals surface area (Å²) in [5.74, 6) is 1.93. The van der Waals surface area contributed by atoms with Crippen molar-refractivity contribution in [2.75, 3.05) is 11.9 Å².